The lowest BCUT2D eigenvalue weighted by Crippen LogP contribution is -2.51. The molecule has 2 aliphatic rings. The topological polar surface area (TPSA) is 41.6 Å². The van der Waals surface area contributed by atoms with Crippen LogP contribution >= 0.6 is 0 Å². The van der Waals surface area contributed by atoms with Crippen LogP contribution in [-0.2, 0) is 4.74 Å². The molecule has 2 atom stereocenters. The van der Waals surface area contributed by atoms with E-state index >= 15 is 0 Å². The van der Waals surface area contributed by atoms with E-state index in [9.17, 15) is 4.79 Å². The molecule has 116 valence electrons. The van der Waals surface area contributed by atoms with E-state index in [1.54, 1.807) is 0 Å². The molecule has 1 saturated carbocycles. The highest BCUT2D eigenvalue weighted by molar-refractivity contribution is 5.68. The highest BCUT2D eigenvalue weighted by Crippen LogP contribution is 2.30. The van der Waals surface area contributed by atoms with Crippen LogP contribution in [0.5, 0.6) is 0 Å². The maximum atomic E-state index is 11.8. The molecule has 1 saturated heterocycles. The SMILES string of the molecule is CC(NC(=O)OC(C)(C)C)C1CCCN(C2CCC2)C1. The first-order chi connectivity index (χ1) is 9.35. The highest BCUT2D eigenvalue weighted by Gasteiger charge is 2.32. The fraction of sp³-hybridized carbons (Fsp3) is 0.938. The van der Waals surface area contributed by atoms with E-state index < -0.39 is 5.60 Å². The minimum absolute atomic E-state index is 0.188. The minimum Gasteiger partial charge on any atom is -0.444 e. The Morgan fingerprint density at radius 2 is 1.95 bits per heavy atom. The van der Waals surface area contributed by atoms with E-state index in [2.05, 4.69) is 17.1 Å². The van der Waals surface area contributed by atoms with E-state index in [1.807, 2.05) is 20.8 Å². The molecule has 1 aliphatic heterocycles. The van der Waals surface area contributed by atoms with Crippen molar-refractivity contribution in [3.8, 4) is 0 Å². The summed E-state index contributed by atoms with van der Waals surface area (Å²) in [5.74, 6) is 0.553. The Morgan fingerprint density at radius 1 is 1.25 bits per heavy atom. The summed E-state index contributed by atoms with van der Waals surface area (Å²) in [6, 6.07) is 0.999. The van der Waals surface area contributed by atoms with Crippen molar-refractivity contribution in [2.24, 2.45) is 5.92 Å². The van der Waals surface area contributed by atoms with Crippen molar-refractivity contribution in [2.75, 3.05) is 13.1 Å². The van der Waals surface area contributed by atoms with Crippen LogP contribution in [0, 0.1) is 5.92 Å². The Hall–Kier alpha value is -0.770. The van der Waals surface area contributed by atoms with Gasteiger partial charge in [0.05, 0.1) is 0 Å². The van der Waals surface area contributed by atoms with Crippen molar-refractivity contribution in [2.45, 2.75) is 77.5 Å². The van der Waals surface area contributed by atoms with Crippen LogP contribution in [0.25, 0.3) is 0 Å². The summed E-state index contributed by atoms with van der Waals surface area (Å²) in [5, 5.41) is 3.01. The lowest BCUT2D eigenvalue weighted by Gasteiger charge is -2.43. The summed E-state index contributed by atoms with van der Waals surface area (Å²) in [6.45, 7) is 10.2. The third-order valence-electron chi connectivity index (χ3n) is 4.53. The van der Waals surface area contributed by atoms with Gasteiger partial charge >= 0.3 is 6.09 Å². The van der Waals surface area contributed by atoms with Crippen molar-refractivity contribution < 1.29 is 9.53 Å². The van der Waals surface area contributed by atoms with Gasteiger partial charge in [-0.2, -0.15) is 0 Å². The summed E-state index contributed by atoms with van der Waals surface area (Å²) in [5.41, 5.74) is -0.422. The normalized spacial score (nSPS) is 26.7. The molecule has 0 bridgehead atoms. The van der Waals surface area contributed by atoms with E-state index in [0.29, 0.717) is 5.92 Å². The van der Waals surface area contributed by atoms with E-state index in [0.717, 1.165) is 12.6 Å². The third kappa shape index (κ3) is 4.37. The molecule has 2 unspecified atom stereocenters. The first kappa shape index (κ1) is 15.6. The van der Waals surface area contributed by atoms with Crippen molar-refractivity contribution in [3.63, 3.8) is 0 Å². The molecule has 2 rings (SSSR count). The lowest BCUT2D eigenvalue weighted by molar-refractivity contribution is 0.0410. The fourth-order valence-electron chi connectivity index (χ4n) is 3.14. The van der Waals surface area contributed by atoms with Gasteiger partial charge in [0.1, 0.15) is 5.60 Å². The quantitative estimate of drug-likeness (QED) is 0.864. The largest absolute Gasteiger partial charge is 0.444 e. The van der Waals surface area contributed by atoms with Gasteiger partial charge in [0, 0.05) is 18.6 Å². The van der Waals surface area contributed by atoms with E-state index in [-0.39, 0.29) is 12.1 Å². The van der Waals surface area contributed by atoms with E-state index in [4.69, 9.17) is 4.74 Å². The summed E-state index contributed by atoms with van der Waals surface area (Å²) in [4.78, 5) is 14.5. The zero-order valence-electron chi connectivity index (χ0n) is 13.4. The average Bonchev–Trinajstić information content (AvgIpc) is 2.24. The molecule has 0 aromatic carbocycles. The number of rotatable bonds is 3. The van der Waals surface area contributed by atoms with Gasteiger partial charge in [-0.1, -0.05) is 6.42 Å². The van der Waals surface area contributed by atoms with Crippen LogP contribution < -0.4 is 5.32 Å². The highest BCUT2D eigenvalue weighted by atomic mass is 16.6. The Labute approximate surface area is 123 Å². The average molecular weight is 282 g/mol. The second-order valence-electron chi connectivity index (χ2n) is 7.42. The first-order valence-electron chi connectivity index (χ1n) is 8.09. The summed E-state index contributed by atoms with van der Waals surface area (Å²) in [6.07, 6.45) is 6.28. The summed E-state index contributed by atoms with van der Waals surface area (Å²) in [7, 11) is 0. The Kier molecular flexibility index (Phi) is 4.95. The van der Waals surface area contributed by atoms with Crippen LogP contribution in [-0.4, -0.2) is 41.8 Å². The van der Waals surface area contributed by atoms with Gasteiger partial charge in [-0.3, -0.25) is 0 Å². The number of likely N-dealkylation sites (tertiary alicyclic amines) is 1. The van der Waals surface area contributed by atoms with Gasteiger partial charge in [0.15, 0.2) is 0 Å². The summed E-state index contributed by atoms with van der Waals surface area (Å²) >= 11 is 0. The smallest absolute Gasteiger partial charge is 0.407 e. The Morgan fingerprint density at radius 3 is 2.50 bits per heavy atom. The third-order valence-corrected chi connectivity index (χ3v) is 4.53. The molecular weight excluding hydrogens is 252 g/mol. The van der Waals surface area contributed by atoms with Gasteiger partial charge in [-0.05, 0) is 65.8 Å². The van der Waals surface area contributed by atoms with Crippen LogP contribution in [0.4, 0.5) is 4.79 Å². The molecular formula is C16H30N2O2. The van der Waals surface area contributed by atoms with Gasteiger partial charge in [0.2, 0.25) is 0 Å². The molecule has 1 aliphatic carbocycles. The number of carbonyl (C=O) groups excluding carboxylic acids is 1. The van der Waals surface area contributed by atoms with Crippen LogP contribution in [0.3, 0.4) is 0 Å². The lowest BCUT2D eigenvalue weighted by atomic mass is 9.86. The molecule has 0 aromatic heterocycles. The van der Waals surface area contributed by atoms with Crippen molar-refractivity contribution in [3.05, 3.63) is 0 Å². The predicted molar refractivity (Wildman–Crippen MR) is 80.8 cm³/mol. The zero-order valence-corrected chi connectivity index (χ0v) is 13.4. The molecule has 1 heterocycles. The van der Waals surface area contributed by atoms with Gasteiger partial charge < -0.3 is 15.0 Å². The second-order valence-corrected chi connectivity index (χ2v) is 7.42. The second kappa shape index (κ2) is 6.33. The fourth-order valence-corrected chi connectivity index (χ4v) is 3.14. The number of hydrogen-bond donors (Lipinski definition) is 1. The van der Waals surface area contributed by atoms with Crippen molar-refractivity contribution in [1.29, 1.82) is 0 Å². The predicted octanol–water partition coefficient (Wildman–Crippen LogP) is 3.16. The first-order valence-corrected chi connectivity index (χ1v) is 8.09. The molecule has 20 heavy (non-hydrogen) atoms. The summed E-state index contributed by atoms with van der Waals surface area (Å²) < 4.78 is 5.34. The van der Waals surface area contributed by atoms with E-state index in [1.165, 1.54) is 38.6 Å². The van der Waals surface area contributed by atoms with Crippen LogP contribution in [0.15, 0.2) is 0 Å². The standard InChI is InChI=1S/C16H30N2O2/c1-12(17-15(19)20-16(2,3)4)13-7-6-10-18(11-13)14-8-5-9-14/h12-14H,5-11H2,1-4H3,(H,17,19). The molecule has 0 radical (unpaired) electrons. The minimum atomic E-state index is -0.422. The molecule has 1 amide bonds. The molecule has 0 aromatic rings. The van der Waals surface area contributed by atoms with Gasteiger partial charge in [-0.15, -0.1) is 0 Å². The maximum absolute atomic E-state index is 11.8. The molecule has 0 spiro atoms. The van der Waals surface area contributed by atoms with Crippen molar-refractivity contribution in [1.82, 2.24) is 10.2 Å². The van der Waals surface area contributed by atoms with Gasteiger partial charge in [0.25, 0.3) is 0 Å². The number of amides is 1. The number of nitrogens with one attached hydrogen (secondary N) is 1. The molecule has 4 heteroatoms. The molecule has 1 N–H and O–H groups in total. The number of nitrogens with zero attached hydrogens (tertiary/aromatic N) is 1. The van der Waals surface area contributed by atoms with Crippen LogP contribution in [0.2, 0.25) is 0 Å². The van der Waals surface area contributed by atoms with Crippen LogP contribution in [0.1, 0.15) is 59.8 Å². The number of ether oxygens (including phenoxy) is 1. The molecule has 2 fully saturated rings. The zero-order chi connectivity index (χ0) is 14.8. The maximum Gasteiger partial charge on any atom is 0.407 e. The van der Waals surface area contributed by atoms with Gasteiger partial charge in [-0.25, -0.2) is 4.79 Å². The molecule has 4 nitrogen and oxygen atoms in total. The number of alkyl carbamates (subject to hydrolysis) is 1. The number of carbonyl (C=O) groups is 1. The monoisotopic (exact) mass is 282 g/mol. The number of piperidine rings is 1. The number of hydrogen-bond acceptors (Lipinski definition) is 3. The van der Waals surface area contributed by atoms with Crippen molar-refractivity contribution >= 4 is 6.09 Å². The Bertz CT molecular complexity index is 334. The Balaban J connectivity index is 1.79.